The highest BCUT2D eigenvalue weighted by atomic mass is 35.5. The summed E-state index contributed by atoms with van der Waals surface area (Å²) in [4.78, 5) is 11.0. The van der Waals surface area contributed by atoms with E-state index in [4.69, 9.17) is 28.9 Å². The second-order valence-corrected chi connectivity index (χ2v) is 4.89. The van der Waals surface area contributed by atoms with E-state index >= 15 is 0 Å². The van der Waals surface area contributed by atoms with Crippen LogP contribution in [-0.2, 0) is 4.79 Å². The van der Waals surface area contributed by atoms with Crippen LogP contribution in [0.15, 0.2) is 30.3 Å². The van der Waals surface area contributed by atoms with Crippen LogP contribution in [-0.4, -0.2) is 10.2 Å². The van der Waals surface area contributed by atoms with Gasteiger partial charge in [0.2, 0.25) is 5.91 Å². The Kier molecular flexibility index (Phi) is 2.20. The highest BCUT2D eigenvalue weighted by molar-refractivity contribution is 6.53. The fourth-order valence-corrected chi connectivity index (χ4v) is 2.60. The number of benzene rings is 1. The van der Waals surface area contributed by atoms with E-state index in [2.05, 4.69) is 0 Å². The van der Waals surface area contributed by atoms with Gasteiger partial charge in [-0.15, -0.1) is 23.2 Å². The van der Waals surface area contributed by atoms with Gasteiger partial charge in [-0.2, -0.15) is 0 Å². The molecule has 1 fully saturated rings. The molecule has 1 aromatic carbocycles. The summed E-state index contributed by atoms with van der Waals surface area (Å²) in [5, 5.41) is 0. The summed E-state index contributed by atoms with van der Waals surface area (Å²) in [7, 11) is 0. The van der Waals surface area contributed by atoms with Crippen molar-refractivity contribution in [1.29, 1.82) is 0 Å². The van der Waals surface area contributed by atoms with E-state index in [0.29, 0.717) is 0 Å². The molecule has 2 nitrogen and oxygen atoms in total. The molecule has 0 saturated heterocycles. The summed E-state index contributed by atoms with van der Waals surface area (Å²) >= 11 is 11.9. The van der Waals surface area contributed by atoms with Crippen LogP contribution in [0, 0.1) is 5.92 Å². The molecule has 0 spiro atoms. The van der Waals surface area contributed by atoms with Gasteiger partial charge in [0.15, 0.2) is 0 Å². The van der Waals surface area contributed by atoms with Gasteiger partial charge in [-0.25, -0.2) is 0 Å². The number of halogens is 2. The minimum atomic E-state index is -1.02. The van der Waals surface area contributed by atoms with Gasteiger partial charge in [-0.3, -0.25) is 4.79 Å². The zero-order valence-electron chi connectivity index (χ0n) is 7.28. The second kappa shape index (κ2) is 3.14. The number of carbonyl (C=O) groups is 1. The number of hydrogen-bond donors (Lipinski definition) is 1. The van der Waals surface area contributed by atoms with Gasteiger partial charge >= 0.3 is 0 Å². The predicted octanol–water partition coefficient (Wildman–Crippen LogP) is 2.06. The highest BCUT2D eigenvalue weighted by Crippen LogP contribution is 2.64. The van der Waals surface area contributed by atoms with Gasteiger partial charge in [0.25, 0.3) is 0 Å². The molecule has 2 rings (SSSR count). The zero-order valence-corrected chi connectivity index (χ0v) is 8.79. The molecular weight excluding hydrogens is 221 g/mol. The molecule has 1 amide bonds. The summed E-state index contributed by atoms with van der Waals surface area (Å²) < 4.78 is -1.02. The van der Waals surface area contributed by atoms with Crippen LogP contribution in [0.5, 0.6) is 0 Å². The third-order valence-electron chi connectivity index (χ3n) is 2.52. The van der Waals surface area contributed by atoms with Gasteiger partial charge in [0.05, 0.1) is 5.92 Å². The van der Waals surface area contributed by atoms with Crippen molar-refractivity contribution in [3.8, 4) is 0 Å². The molecule has 0 aliphatic heterocycles. The van der Waals surface area contributed by atoms with Crippen molar-refractivity contribution in [1.82, 2.24) is 0 Å². The van der Waals surface area contributed by atoms with Crippen molar-refractivity contribution in [2.45, 2.75) is 10.3 Å². The molecule has 4 heteroatoms. The Morgan fingerprint density at radius 3 is 2.29 bits per heavy atom. The molecule has 2 unspecified atom stereocenters. The lowest BCUT2D eigenvalue weighted by Crippen LogP contribution is -2.16. The van der Waals surface area contributed by atoms with E-state index in [1.807, 2.05) is 30.3 Å². The first-order valence-corrected chi connectivity index (χ1v) is 5.03. The van der Waals surface area contributed by atoms with Gasteiger partial charge in [0, 0.05) is 5.92 Å². The molecule has 0 aromatic heterocycles. The van der Waals surface area contributed by atoms with Crippen molar-refractivity contribution in [2.75, 3.05) is 0 Å². The van der Waals surface area contributed by atoms with Crippen molar-refractivity contribution < 1.29 is 4.79 Å². The molecule has 14 heavy (non-hydrogen) atoms. The lowest BCUT2D eigenvalue weighted by atomic mass is 10.1. The van der Waals surface area contributed by atoms with Crippen LogP contribution in [0.4, 0.5) is 0 Å². The van der Waals surface area contributed by atoms with Gasteiger partial charge in [0.1, 0.15) is 4.33 Å². The Labute approximate surface area is 92.0 Å². The Morgan fingerprint density at radius 1 is 1.29 bits per heavy atom. The first-order chi connectivity index (χ1) is 6.55. The minimum Gasteiger partial charge on any atom is -0.369 e. The lowest BCUT2D eigenvalue weighted by molar-refractivity contribution is -0.119. The molecule has 1 aromatic rings. The first-order valence-electron chi connectivity index (χ1n) is 4.27. The van der Waals surface area contributed by atoms with E-state index in [1.165, 1.54) is 0 Å². The van der Waals surface area contributed by atoms with Gasteiger partial charge in [-0.1, -0.05) is 30.3 Å². The van der Waals surface area contributed by atoms with Crippen LogP contribution in [0.1, 0.15) is 11.5 Å². The Balaban J connectivity index is 2.28. The molecule has 2 atom stereocenters. The fourth-order valence-electron chi connectivity index (χ4n) is 1.76. The normalized spacial score (nSPS) is 28.4. The minimum absolute atomic E-state index is 0.162. The van der Waals surface area contributed by atoms with E-state index in [0.717, 1.165) is 5.56 Å². The third kappa shape index (κ3) is 1.39. The number of amides is 1. The summed E-state index contributed by atoms with van der Waals surface area (Å²) in [5.74, 6) is -1.07. The largest absolute Gasteiger partial charge is 0.369 e. The molecule has 0 bridgehead atoms. The number of rotatable bonds is 2. The average molecular weight is 230 g/mol. The predicted molar refractivity (Wildman–Crippen MR) is 56.3 cm³/mol. The molecule has 1 aliphatic rings. The van der Waals surface area contributed by atoms with Gasteiger partial charge in [-0.05, 0) is 5.56 Å². The van der Waals surface area contributed by atoms with Crippen LogP contribution >= 0.6 is 23.2 Å². The maximum absolute atomic E-state index is 11.0. The number of hydrogen-bond acceptors (Lipinski definition) is 1. The molecule has 74 valence electrons. The van der Waals surface area contributed by atoms with Crippen LogP contribution in [0.2, 0.25) is 0 Å². The molecular formula is C10H9Cl2NO. The zero-order chi connectivity index (χ0) is 10.3. The van der Waals surface area contributed by atoms with E-state index in [-0.39, 0.29) is 5.92 Å². The lowest BCUT2D eigenvalue weighted by Gasteiger charge is -1.97. The smallest absolute Gasteiger partial charge is 0.224 e. The number of nitrogens with two attached hydrogens (primary N) is 1. The number of alkyl halides is 2. The summed E-state index contributed by atoms with van der Waals surface area (Å²) in [6, 6.07) is 9.46. The number of primary amides is 1. The SMILES string of the molecule is NC(=O)C1C(c2ccccc2)C1(Cl)Cl. The first kappa shape index (κ1) is 9.81. The summed E-state index contributed by atoms with van der Waals surface area (Å²) in [6.45, 7) is 0. The molecule has 0 heterocycles. The molecule has 2 N–H and O–H groups in total. The van der Waals surface area contributed by atoms with Crippen LogP contribution in [0.3, 0.4) is 0 Å². The van der Waals surface area contributed by atoms with E-state index < -0.39 is 16.2 Å². The highest BCUT2D eigenvalue weighted by Gasteiger charge is 2.66. The Morgan fingerprint density at radius 2 is 1.86 bits per heavy atom. The van der Waals surface area contributed by atoms with Crippen molar-refractivity contribution in [3.05, 3.63) is 35.9 Å². The third-order valence-corrected chi connectivity index (χ3v) is 3.46. The van der Waals surface area contributed by atoms with Crippen molar-refractivity contribution >= 4 is 29.1 Å². The maximum atomic E-state index is 11.0. The monoisotopic (exact) mass is 229 g/mol. The summed E-state index contributed by atoms with van der Waals surface area (Å²) in [5.41, 5.74) is 6.15. The van der Waals surface area contributed by atoms with Crippen molar-refractivity contribution in [2.24, 2.45) is 11.7 Å². The van der Waals surface area contributed by atoms with E-state index in [1.54, 1.807) is 0 Å². The van der Waals surface area contributed by atoms with Crippen LogP contribution in [0.25, 0.3) is 0 Å². The fraction of sp³-hybridized carbons (Fsp3) is 0.300. The maximum Gasteiger partial charge on any atom is 0.224 e. The molecule has 1 saturated carbocycles. The second-order valence-electron chi connectivity index (χ2n) is 3.44. The quantitative estimate of drug-likeness (QED) is 0.776. The standard InChI is InChI=1S/C10H9Cl2NO/c11-10(12)7(8(10)9(13)14)6-4-2-1-3-5-6/h1-5,7-8H,(H2,13,14). The Hall–Kier alpha value is -0.730. The van der Waals surface area contributed by atoms with Gasteiger partial charge < -0.3 is 5.73 Å². The Bertz CT molecular complexity index is 364. The number of carbonyl (C=O) groups excluding carboxylic acids is 1. The van der Waals surface area contributed by atoms with Crippen molar-refractivity contribution in [3.63, 3.8) is 0 Å². The average Bonchev–Trinajstić information content (AvgIpc) is 2.71. The molecule has 1 aliphatic carbocycles. The molecule has 0 radical (unpaired) electrons. The van der Waals surface area contributed by atoms with E-state index in [9.17, 15) is 4.79 Å². The topological polar surface area (TPSA) is 43.1 Å². The van der Waals surface area contributed by atoms with Crippen LogP contribution < -0.4 is 5.73 Å². The summed E-state index contributed by atoms with van der Waals surface area (Å²) in [6.07, 6.45) is 0.